The second-order valence-electron chi connectivity index (χ2n) is 2.24. The highest BCUT2D eigenvalue weighted by Crippen LogP contribution is 2.30. The molecule has 0 aromatic carbocycles. The highest BCUT2D eigenvalue weighted by Gasteiger charge is 2.21. The van der Waals surface area contributed by atoms with Crippen molar-refractivity contribution in [2.24, 2.45) is 0 Å². The van der Waals surface area contributed by atoms with Gasteiger partial charge in [-0.3, -0.25) is 0 Å². The molecule has 1 rings (SSSR count). The van der Waals surface area contributed by atoms with Crippen LogP contribution in [-0.2, 0) is 5.33 Å². The van der Waals surface area contributed by atoms with E-state index in [2.05, 4.69) is 20.9 Å². The third kappa shape index (κ3) is 2.14. The van der Waals surface area contributed by atoms with Gasteiger partial charge in [0.05, 0.1) is 5.56 Å². The molecular weight excluding hydrogens is 270 g/mol. The summed E-state index contributed by atoms with van der Waals surface area (Å²) in [5.41, 5.74) is -0.765. The van der Waals surface area contributed by atoms with E-state index in [1.54, 1.807) is 0 Å². The van der Waals surface area contributed by atoms with Crippen molar-refractivity contribution in [1.82, 2.24) is 4.98 Å². The highest BCUT2D eigenvalue weighted by molar-refractivity contribution is 9.08. The lowest BCUT2D eigenvalue weighted by atomic mass is 10.2. The lowest BCUT2D eigenvalue weighted by Crippen LogP contribution is -1.99. The Morgan fingerprint density at radius 2 is 2.15 bits per heavy atom. The lowest BCUT2D eigenvalue weighted by Gasteiger charge is -2.06. The first-order valence-corrected chi connectivity index (χ1v) is 4.74. The van der Waals surface area contributed by atoms with Crippen molar-refractivity contribution in [3.05, 3.63) is 28.3 Å². The Labute approximate surface area is 86.0 Å². The van der Waals surface area contributed by atoms with Gasteiger partial charge >= 0.3 is 0 Å². The summed E-state index contributed by atoms with van der Waals surface area (Å²) in [7, 11) is 0. The predicted molar refractivity (Wildman–Crippen MR) is 46.8 cm³/mol. The second-order valence-corrected chi connectivity index (χ2v) is 3.15. The zero-order valence-electron chi connectivity index (χ0n) is 6.20. The van der Waals surface area contributed by atoms with Crippen LogP contribution in [0.5, 0.6) is 0 Å². The van der Waals surface area contributed by atoms with Crippen LogP contribution >= 0.6 is 27.5 Å². The number of pyridine rings is 1. The Hall–Kier alpha value is -0.290. The van der Waals surface area contributed by atoms with Crippen molar-refractivity contribution in [1.29, 1.82) is 0 Å². The van der Waals surface area contributed by atoms with E-state index in [9.17, 15) is 13.2 Å². The molecule has 0 aliphatic carbocycles. The molecule has 0 unspecified atom stereocenters. The van der Waals surface area contributed by atoms with E-state index in [4.69, 9.17) is 11.6 Å². The molecule has 1 heterocycles. The summed E-state index contributed by atoms with van der Waals surface area (Å²) in [5, 5.41) is -0.361. The van der Waals surface area contributed by atoms with E-state index in [0.29, 0.717) is 0 Å². The summed E-state index contributed by atoms with van der Waals surface area (Å²) in [5.74, 6) is -0.994. The molecule has 0 amide bonds. The van der Waals surface area contributed by atoms with Crippen molar-refractivity contribution in [3.8, 4) is 0 Å². The maximum Gasteiger partial charge on any atom is 0.269 e. The van der Waals surface area contributed by atoms with E-state index in [0.717, 1.165) is 6.20 Å². The first-order valence-electron chi connectivity index (χ1n) is 3.24. The van der Waals surface area contributed by atoms with Gasteiger partial charge < -0.3 is 0 Å². The number of aromatic nitrogens is 1. The molecule has 0 radical (unpaired) electrons. The third-order valence-electron chi connectivity index (χ3n) is 1.44. The van der Waals surface area contributed by atoms with Gasteiger partial charge in [-0.2, -0.15) is 0 Å². The topological polar surface area (TPSA) is 12.9 Å². The summed E-state index contributed by atoms with van der Waals surface area (Å²) in [6.07, 6.45) is -1.82. The lowest BCUT2D eigenvalue weighted by molar-refractivity contribution is 0.145. The molecule has 0 aliphatic heterocycles. The minimum Gasteiger partial charge on any atom is -0.244 e. The summed E-state index contributed by atoms with van der Waals surface area (Å²) < 4.78 is 37.6. The zero-order chi connectivity index (χ0) is 10.0. The molecule has 72 valence electrons. The highest BCUT2D eigenvalue weighted by atomic mass is 79.9. The Kier molecular flexibility index (Phi) is 3.55. The van der Waals surface area contributed by atoms with Crippen molar-refractivity contribution in [3.63, 3.8) is 0 Å². The van der Waals surface area contributed by atoms with Crippen molar-refractivity contribution >= 4 is 27.5 Å². The minimum atomic E-state index is -2.95. The number of hydrogen-bond acceptors (Lipinski definition) is 1. The Morgan fingerprint density at radius 1 is 1.54 bits per heavy atom. The average molecular weight is 274 g/mol. The van der Waals surface area contributed by atoms with Crippen molar-refractivity contribution in [2.45, 2.75) is 11.8 Å². The second kappa shape index (κ2) is 4.28. The fourth-order valence-corrected chi connectivity index (χ4v) is 1.41. The molecule has 1 aromatic heterocycles. The largest absolute Gasteiger partial charge is 0.269 e. The van der Waals surface area contributed by atoms with Crippen LogP contribution in [0.4, 0.5) is 13.2 Å². The molecule has 1 nitrogen and oxygen atoms in total. The first kappa shape index (κ1) is 10.8. The van der Waals surface area contributed by atoms with E-state index >= 15 is 0 Å². The van der Waals surface area contributed by atoms with Gasteiger partial charge in [0.2, 0.25) is 0 Å². The molecule has 0 bridgehead atoms. The summed E-state index contributed by atoms with van der Waals surface area (Å²) in [4.78, 5) is 3.45. The number of alkyl halides is 3. The normalized spacial score (nSPS) is 10.9. The van der Waals surface area contributed by atoms with Gasteiger partial charge in [-0.1, -0.05) is 27.5 Å². The number of hydrogen-bond donors (Lipinski definition) is 0. The molecule has 13 heavy (non-hydrogen) atoms. The maximum atomic E-state index is 13.2. The minimum absolute atomic E-state index is 0.0692. The van der Waals surface area contributed by atoms with Gasteiger partial charge in [-0.25, -0.2) is 18.2 Å². The first-order chi connectivity index (χ1) is 6.07. The van der Waals surface area contributed by atoms with Crippen LogP contribution in [0.3, 0.4) is 0 Å². The predicted octanol–water partition coefficient (Wildman–Crippen LogP) is 3.71. The smallest absolute Gasteiger partial charge is 0.244 e. The van der Waals surface area contributed by atoms with E-state index in [1.165, 1.54) is 0 Å². The molecule has 0 atom stereocenters. The van der Waals surface area contributed by atoms with Gasteiger partial charge in [-0.15, -0.1) is 0 Å². The van der Waals surface area contributed by atoms with Gasteiger partial charge in [0, 0.05) is 17.1 Å². The van der Waals surface area contributed by atoms with Gasteiger partial charge in [0.15, 0.2) is 0 Å². The van der Waals surface area contributed by atoms with Crippen molar-refractivity contribution < 1.29 is 13.2 Å². The maximum absolute atomic E-state index is 13.2. The number of halogens is 5. The molecular formula is C7H4BrClF3N. The van der Waals surface area contributed by atoms with E-state index in [1.807, 2.05) is 0 Å². The van der Waals surface area contributed by atoms with Gasteiger partial charge in [-0.05, 0) is 0 Å². The number of nitrogens with zero attached hydrogens (tertiary/aromatic N) is 1. The molecule has 0 saturated carbocycles. The summed E-state index contributed by atoms with van der Waals surface area (Å²) in [6, 6.07) is 0. The van der Waals surface area contributed by atoms with E-state index in [-0.39, 0.29) is 10.9 Å². The van der Waals surface area contributed by atoms with Gasteiger partial charge in [0.1, 0.15) is 11.0 Å². The molecule has 1 aromatic rings. The standard InChI is InChI=1S/C7H4BrClF3N/c8-1-3-2-13-6(9)4(5(3)10)7(11)12/h2,7H,1H2. The van der Waals surface area contributed by atoms with Gasteiger partial charge in [0.25, 0.3) is 6.43 Å². The Balaban J connectivity index is 3.30. The zero-order valence-corrected chi connectivity index (χ0v) is 8.54. The van der Waals surface area contributed by atoms with Crippen LogP contribution < -0.4 is 0 Å². The van der Waals surface area contributed by atoms with Crippen LogP contribution in [0, 0.1) is 5.82 Å². The fourth-order valence-electron chi connectivity index (χ4n) is 0.803. The molecule has 0 N–H and O–H groups in total. The summed E-state index contributed by atoms with van der Waals surface area (Å²) in [6.45, 7) is 0. The van der Waals surface area contributed by atoms with Crippen LogP contribution in [0.2, 0.25) is 5.15 Å². The third-order valence-corrected chi connectivity index (χ3v) is 2.34. The van der Waals surface area contributed by atoms with E-state index < -0.39 is 23.0 Å². The van der Waals surface area contributed by atoms with Crippen LogP contribution in [0.1, 0.15) is 17.6 Å². The van der Waals surface area contributed by atoms with Crippen LogP contribution in [0.25, 0.3) is 0 Å². The molecule has 0 fully saturated rings. The fraction of sp³-hybridized carbons (Fsp3) is 0.286. The Morgan fingerprint density at radius 3 is 2.62 bits per heavy atom. The summed E-state index contributed by atoms with van der Waals surface area (Å²) >= 11 is 8.26. The van der Waals surface area contributed by atoms with Crippen LogP contribution in [0.15, 0.2) is 6.20 Å². The Bertz CT molecular complexity index is 319. The molecule has 0 spiro atoms. The van der Waals surface area contributed by atoms with Crippen LogP contribution in [-0.4, -0.2) is 4.98 Å². The quantitative estimate of drug-likeness (QED) is 0.592. The van der Waals surface area contributed by atoms with Crippen molar-refractivity contribution in [2.75, 3.05) is 0 Å². The molecule has 0 aliphatic rings. The number of rotatable bonds is 2. The SMILES string of the molecule is Fc1c(CBr)cnc(Cl)c1C(F)F. The molecule has 6 heteroatoms. The monoisotopic (exact) mass is 273 g/mol. The molecule has 0 saturated heterocycles. The average Bonchev–Trinajstić information content (AvgIpc) is 2.04.